The number of carbonyl (C=O) groups excluding carboxylic acids is 1. The summed E-state index contributed by atoms with van der Waals surface area (Å²) >= 11 is 2.73. The standard InChI is InChI=1S/C23H27N3O4S3/c1-4-25(18-10-11-33(29,30)14-18)19(27)13-31-23-24-21-20(15(2)16(3)32-21)22(28)26(23)12-17-8-6-5-7-9-17/h5-9,18H,4,10-14H2,1-3H3. The summed E-state index contributed by atoms with van der Waals surface area (Å²) in [6.45, 7) is 6.60. The first kappa shape index (κ1) is 24.0. The van der Waals surface area contributed by atoms with Gasteiger partial charge in [-0.25, -0.2) is 13.4 Å². The maximum atomic E-state index is 13.5. The van der Waals surface area contributed by atoms with Crippen LogP contribution in [0.4, 0.5) is 0 Å². The van der Waals surface area contributed by atoms with Crippen molar-refractivity contribution >= 4 is 49.1 Å². The number of benzene rings is 1. The van der Waals surface area contributed by atoms with E-state index in [2.05, 4.69) is 0 Å². The van der Waals surface area contributed by atoms with Gasteiger partial charge in [-0.05, 0) is 38.3 Å². The lowest BCUT2D eigenvalue weighted by Crippen LogP contribution is -2.42. The quantitative estimate of drug-likeness (QED) is 0.362. The van der Waals surface area contributed by atoms with E-state index in [1.807, 2.05) is 51.1 Å². The third kappa shape index (κ3) is 5.02. The van der Waals surface area contributed by atoms with Gasteiger partial charge in [0.25, 0.3) is 5.56 Å². The van der Waals surface area contributed by atoms with Gasteiger partial charge in [0.2, 0.25) is 5.91 Å². The second kappa shape index (κ2) is 9.60. The first-order valence-corrected chi connectivity index (χ1v) is 14.5. The molecule has 1 amide bonds. The summed E-state index contributed by atoms with van der Waals surface area (Å²) in [4.78, 5) is 34.6. The molecule has 7 nitrogen and oxygen atoms in total. The van der Waals surface area contributed by atoms with E-state index in [0.717, 1.165) is 16.0 Å². The van der Waals surface area contributed by atoms with Crippen LogP contribution in [0.15, 0.2) is 40.3 Å². The highest BCUT2D eigenvalue weighted by molar-refractivity contribution is 7.99. The zero-order valence-electron chi connectivity index (χ0n) is 18.9. The molecule has 10 heteroatoms. The molecule has 0 radical (unpaired) electrons. The summed E-state index contributed by atoms with van der Waals surface area (Å²) in [7, 11) is -3.08. The van der Waals surface area contributed by atoms with E-state index in [-0.39, 0.29) is 34.8 Å². The summed E-state index contributed by atoms with van der Waals surface area (Å²) in [6.07, 6.45) is 0.475. The van der Waals surface area contributed by atoms with Crippen molar-refractivity contribution in [3.63, 3.8) is 0 Å². The second-order valence-corrected chi connectivity index (χ2v) is 12.6. The third-order valence-corrected chi connectivity index (χ3v) is 9.88. The molecule has 0 bridgehead atoms. The number of nitrogens with zero attached hydrogens (tertiary/aromatic N) is 3. The van der Waals surface area contributed by atoms with Crippen molar-refractivity contribution in [1.29, 1.82) is 0 Å². The van der Waals surface area contributed by atoms with Crippen molar-refractivity contribution in [3.8, 4) is 0 Å². The van der Waals surface area contributed by atoms with Gasteiger partial charge in [0.05, 0.1) is 29.2 Å². The van der Waals surface area contributed by atoms with E-state index in [9.17, 15) is 18.0 Å². The van der Waals surface area contributed by atoms with Crippen molar-refractivity contribution < 1.29 is 13.2 Å². The number of amides is 1. The van der Waals surface area contributed by atoms with Gasteiger partial charge in [0.15, 0.2) is 15.0 Å². The highest BCUT2D eigenvalue weighted by Gasteiger charge is 2.34. The molecular weight excluding hydrogens is 478 g/mol. The zero-order chi connectivity index (χ0) is 23.8. The Hall–Kier alpha value is -2.17. The number of rotatable bonds is 7. The van der Waals surface area contributed by atoms with Gasteiger partial charge >= 0.3 is 0 Å². The van der Waals surface area contributed by atoms with Crippen molar-refractivity contribution in [2.24, 2.45) is 0 Å². The molecule has 1 atom stereocenters. The van der Waals surface area contributed by atoms with E-state index in [1.54, 1.807) is 9.47 Å². The highest BCUT2D eigenvalue weighted by Crippen LogP contribution is 2.29. The fourth-order valence-corrected chi connectivity index (χ4v) is 7.88. The molecule has 2 aromatic heterocycles. The van der Waals surface area contributed by atoms with E-state index >= 15 is 0 Å². The molecule has 0 saturated carbocycles. The minimum absolute atomic E-state index is 0.0217. The highest BCUT2D eigenvalue weighted by atomic mass is 32.2. The molecule has 1 aliphatic rings. The average molecular weight is 506 g/mol. The summed E-state index contributed by atoms with van der Waals surface area (Å²) < 4.78 is 25.4. The van der Waals surface area contributed by atoms with E-state index < -0.39 is 9.84 Å². The number of thiophene rings is 1. The van der Waals surface area contributed by atoms with Crippen molar-refractivity contribution in [3.05, 3.63) is 56.7 Å². The van der Waals surface area contributed by atoms with Gasteiger partial charge in [-0.3, -0.25) is 14.2 Å². The number of fused-ring (bicyclic) bond motifs is 1. The number of thioether (sulfide) groups is 1. The molecule has 1 aromatic carbocycles. The smallest absolute Gasteiger partial charge is 0.263 e. The minimum atomic E-state index is -3.08. The van der Waals surface area contributed by atoms with Crippen LogP contribution in [0.1, 0.15) is 29.3 Å². The number of hydrogen-bond donors (Lipinski definition) is 0. The van der Waals surface area contributed by atoms with Crippen LogP contribution in [-0.4, -0.2) is 58.6 Å². The maximum absolute atomic E-state index is 13.5. The van der Waals surface area contributed by atoms with Crippen LogP contribution < -0.4 is 5.56 Å². The minimum Gasteiger partial charge on any atom is -0.338 e. The molecule has 1 aliphatic heterocycles. The molecule has 1 unspecified atom stereocenters. The number of aromatic nitrogens is 2. The summed E-state index contributed by atoms with van der Waals surface area (Å²) in [5, 5.41) is 1.14. The summed E-state index contributed by atoms with van der Waals surface area (Å²) in [6, 6.07) is 9.42. The van der Waals surface area contributed by atoms with Crippen molar-refractivity contribution in [1.82, 2.24) is 14.5 Å². The largest absolute Gasteiger partial charge is 0.338 e. The van der Waals surface area contributed by atoms with Crippen LogP contribution >= 0.6 is 23.1 Å². The molecule has 0 aliphatic carbocycles. The molecular formula is C23H27N3O4S3. The van der Waals surface area contributed by atoms with Gasteiger partial charge in [-0.1, -0.05) is 42.1 Å². The Morgan fingerprint density at radius 3 is 2.64 bits per heavy atom. The molecule has 4 rings (SSSR count). The fraction of sp³-hybridized carbons (Fsp3) is 0.435. The van der Waals surface area contributed by atoms with E-state index in [0.29, 0.717) is 34.9 Å². The van der Waals surface area contributed by atoms with Gasteiger partial charge in [-0.15, -0.1) is 11.3 Å². The lowest BCUT2D eigenvalue weighted by atomic mass is 10.2. The van der Waals surface area contributed by atoms with Gasteiger partial charge < -0.3 is 4.90 Å². The number of sulfone groups is 1. The molecule has 1 saturated heterocycles. The molecule has 33 heavy (non-hydrogen) atoms. The molecule has 176 valence electrons. The van der Waals surface area contributed by atoms with Crippen LogP contribution in [0.2, 0.25) is 0 Å². The summed E-state index contributed by atoms with van der Waals surface area (Å²) in [5.41, 5.74) is 1.82. The number of hydrogen-bond acceptors (Lipinski definition) is 7. The lowest BCUT2D eigenvalue weighted by Gasteiger charge is -2.26. The van der Waals surface area contributed by atoms with Crippen LogP contribution in [-0.2, 0) is 21.2 Å². The van der Waals surface area contributed by atoms with Gasteiger partial charge in [0.1, 0.15) is 4.83 Å². The molecule has 0 spiro atoms. The zero-order valence-corrected chi connectivity index (χ0v) is 21.4. The lowest BCUT2D eigenvalue weighted by molar-refractivity contribution is -0.129. The predicted octanol–water partition coefficient (Wildman–Crippen LogP) is 3.25. The van der Waals surface area contributed by atoms with Crippen LogP contribution in [0, 0.1) is 13.8 Å². The fourth-order valence-electron chi connectivity index (χ4n) is 4.19. The predicted molar refractivity (Wildman–Crippen MR) is 134 cm³/mol. The first-order chi connectivity index (χ1) is 15.7. The monoisotopic (exact) mass is 505 g/mol. The van der Waals surface area contributed by atoms with Crippen molar-refractivity contribution in [2.75, 3.05) is 23.8 Å². The average Bonchev–Trinajstić information content (AvgIpc) is 3.28. The van der Waals surface area contributed by atoms with Gasteiger partial charge in [-0.2, -0.15) is 0 Å². The Morgan fingerprint density at radius 1 is 1.27 bits per heavy atom. The van der Waals surface area contributed by atoms with Crippen LogP contribution in [0.25, 0.3) is 10.2 Å². The first-order valence-electron chi connectivity index (χ1n) is 10.9. The third-order valence-electron chi connectivity index (χ3n) is 6.07. The molecule has 0 N–H and O–H groups in total. The molecule has 3 heterocycles. The Labute approximate surface area is 201 Å². The van der Waals surface area contributed by atoms with Crippen LogP contribution in [0.3, 0.4) is 0 Å². The normalized spacial score (nSPS) is 17.5. The molecule has 1 fully saturated rings. The molecule has 3 aromatic rings. The Balaban J connectivity index is 1.64. The van der Waals surface area contributed by atoms with Crippen LogP contribution in [0.5, 0.6) is 0 Å². The number of aryl methyl sites for hydroxylation is 2. The van der Waals surface area contributed by atoms with Gasteiger partial charge in [0, 0.05) is 17.5 Å². The topological polar surface area (TPSA) is 89.3 Å². The Morgan fingerprint density at radius 2 is 2.00 bits per heavy atom. The second-order valence-electron chi connectivity index (χ2n) is 8.26. The number of carbonyl (C=O) groups is 1. The SMILES string of the molecule is CCN(C(=O)CSc1nc2sc(C)c(C)c2c(=O)n1Cc1ccccc1)C1CCS(=O)(=O)C1. The Bertz CT molecular complexity index is 1350. The van der Waals surface area contributed by atoms with E-state index in [1.165, 1.54) is 23.1 Å². The van der Waals surface area contributed by atoms with Crippen molar-refractivity contribution in [2.45, 2.75) is 44.9 Å². The summed E-state index contributed by atoms with van der Waals surface area (Å²) in [5.74, 6) is 0.110. The maximum Gasteiger partial charge on any atom is 0.263 e. The van der Waals surface area contributed by atoms with E-state index in [4.69, 9.17) is 4.98 Å². The Kier molecular flexibility index (Phi) is 6.97.